The Balaban J connectivity index is 0.00000243. The molecule has 2 N–H and O–H groups in total. The van der Waals surface area contributed by atoms with Gasteiger partial charge in [0.15, 0.2) is 5.96 Å². The zero-order chi connectivity index (χ0) is 17.5. The molecule has 26 heavy (non-hydrogen) atoms. The molecule has 0 bridgehead atoms. The lowest BCUT2D eigenvalue weighted by atomic mass is 10.3. The van der Waals surface area contributed by atoms with E-state index in [1.165, 1.54) is 0 Å². The smallest absolute Gasteiger partial charge is 0.191 e. The summed E-state index contributed by atoms with van der Waals surface area (Å²) in [5, 5.41) is 6.61. The van der Waals surface area contributed by atoms with Crippen LogP contribution in [0.1, 0.15) is 11.4 Å². The van der Waals surface area contributed by atoms with Crippen LogP contribution in [0.3, 0.4) is 0 Å². The molecule has 3 aromatic heterocycles. The molecule has 138 valence electrons. The van der Waals surface area contributed by atoms with Crippen LogP contribution in [-0.4, -0.2) is 38.7 Å². The fourth-order valence-electron chi connectivity index (χ4n) is 2.51. The van der Waals surface area contributed by atoms with Crippen LogP contribution in [0.15, 0.2) is 60.2 Å². The number of imidazole rings is 1. The fraction of sp³-hybridized carbons (Fsp3) is 0.278. The van der Waals surface area contributed by atoms with Gasteiger partial charge in [-0.25, -0.2) is 9.97 Å². The monoisotopic (exact) mass is 465 g/mol. The van der Waals surface area contributed by atoms with Gasteiger partial charge in [0, 0.05) is 57.7 Å². The Morgan fingerprint density at radius 3 is 2.54 bits per heavy atom. The molecule has 7 nitrogen and oxygen atoms in total. The van der Waals surface area contributed by atoms with Gasteiger partial charge in [-0.1, -0.05) is 6.07 Å². The number of hydrogen-bond donors (Lipinski definition) is 2. The number of hydrogen-bond acceptors (Lipinski definition) is 3. The highest BCUT2D eigenvalue weighted by molar-refractivity contribution is 14.0. The molecule has 8 heteroatoms. The Labute approximate surface area is 170 Å². The van der Waals surface area contributed by atoms with Crippen LogP contribution < -0.4 is 10.6 Å². The molecule has 3 heterocycles. The van der Waals surface area contributed by atoms with Crippen LogP contribution in [-0.2, 0) is 13.1 Å². The van der Waals surface area contributed by atoms with Crippen LogP contribution in [0.5, 0.6) is 0 Å². The van der Waals surface area contributed by atoms with Gasteiger partial charge in [-0.3, -0.25) is 9.56 Å². The second-order valence-electron chi connectivity index (χ2n) is 5.64. The summed E-state index contributed by atoms with van der Waals surface area (Å²) in [6.45, 7) is 4.33. The van der Waals surface area contributed by atoms with Crippen molar-refractivity contribution in [2.75, 3.05) is 13.6 Å². The maximum atomic E-state index is 4.50. The number of rotatable bonds is 6. The van der Waals surface area contributed by atoms with Crippen molar-refractivity contribution in [3.63, 3.8) is 0 Å². The van der Waals surface area contributed by atoms with E-state index in [4.69, 9.17) is 0 Å². The van der Waals surface area contributed by atoms with Crippen molar-refractivity contribution >= 4 is 29.9 Å². The van der Waals surface area contributed by atoms with Gasteiger partial charge in [0.2, 0.25) is 0 Å². The first-order valence-corrected chi connectivity index (χ1v) is 8.27. The summed E-state index contributed by atoms with van der Waals surface area (Å²) >= 11 is 0. The Kier molecular flexibility index (Phi) is 7.64. The lowest BCUT2D eigenvalue weighted by Crippen LogP contribution is -2.38. The van der Waals surface area contributed by atoms with Gasteiger partial charge in [-0.15, -0.1) is 24.0 Å². The third-order valence-corrected chi connectivity index (χ3v) is 3.89. The second-order valence-corrected chi connectivity index (χ2v) is 5.64. The normalized spacial score (nSPS) is 11.1. The summed E-state index contributed by atoms with van der Waals surface area (Å²) in [5.41, 5.74) is 1.09. The summed E-state index contributed by atoms with van der Waals surface area (Å²) in [7, 11) is 1.77. The summed E-state index contributed by atoms with van der Waals surface area (Å²) in [5.74, 6) is 2.57. The quantitative estimate of drug-likeness (QED) is 0.333. The first-order chi connectivity index (χ1) is 12.3. The molecule has 0 aliphatic rings. The summed E-state index contributed by atoms with van der Waals surface area (Å²) in [4.78, 5) is 13.0. The van der Waals surface area contributed by atoms with E-state index in [0.29, 0.717) is 6.54 Å². The Bertz CT molecular complexity index is 806. The molecule has 0 fully saturated rings. The Morgan fingerprint density at radius 1 is 1.12 bits per heavy atom. The van der Waals surface area contributed by atoms with Gasteiger partial charge in [0.05, 0.1) is 0 Å². The average molecular weight is 465 g/mol. The molecular formula is C18H24IN7. The minimum absolute atomic E-state index is 0. The molecule has 0 aliphatic carbocycles. The molecular weight excluding hydrogens is 441 g/mol. The molecule has 0 spiro atoms. The van der Waals surface area contributed by atoms with Crippen LogP contribution in [0.4, 0.5) is 0 Å². The van der Waals surface area contributed by atoms with Crippen molar-refractivity contribution in [1.82, 2.24) is 29.7 Å². The SMILES string of the molecule is CN=C(NCCn1cccc1)NCc1ccc(-n2ccnc2C)nc1.I. The summed E-state index contributed by atoms with van der Waals surface area (Å²) in [6.07, 6.45) is 9.65. The zero-order valence-electron chi connectivity index (χ0n) is 15.0. The van der Waals surface area contributed by atoms with Crippen molar-refractivity contribution in [3.05, 3.63) is 66.6 Å². The van der Waals surface area contributed by atoms with Crippen molar-refractivity contribution in [3.8, 4) is 5.82 Å². The third-order valence-electron chi connectivity index (χ3n) is 3.89. The molecule has 0 radical (unpaired) electrons. The van der Waals surface area contributed by atoms with E-state index in [-0.39, 0.29) is 24.0 Å². The molecule has 3 aromatic rings. The number of halogens is 1. The fourth-order valence-corrected chi connectivity index (χ4v) is 2.51. The van der Waals surface area contributed by atoms with Crippen LogP contribution in [0, 0.1) is 6.92 Å². The first kappa shape index (κ1) is 20.0. The highest BCUT2D eigenvalue weighted by atomic mass is 127. The highest BCUT2D eigenvalue weighted by Crippen LogP contribution is 2.08. The van der Waals surface area contributed by atoms with Crippen molar-refractivity contribution in [2.45, 2.75) is 20.0 Å². The molecule has 0 saturated carbocycles. The second kappa shape index (κ2) is 9.95. The van der Waals surface area contributed by atoms with Crippen LogP contribution in [0.25, 0.3) is 5.82 Å². The van der Waals surface area contributed by atoms with E-state index >= 15 is 0 Å². The Morgan fingerprint density at radius 2 is 1.92 bits per heavy atom. The lowest BCUT2D eigenvalue weighted by molar-refractivity contribution is 0.665. The lowest BCUT2D eigenvalue weighted by Gasteiger charge is -2.12. The number of aliphatic imine (C=N–C) groups is 1. The maximum Gasteiger partial charge on any atom is 0.191 e. The number of nitrogens with zero attached hydrogens (tertiary/aromatic N) is 5. The molecule has 0 saturated heterocycles. The van der Waals surface area contributed by atoms with Crippen LogP contribution in [0.2, 0.25) is 0 Å². The topological polar surface area (TPSA) is 72.1 Å². The molecule has 0 aliphatic heterocycles. The molecule has 0 atom stereocenters. The number of guanidine groups is 1. The van der Waals surface area contributed by atoms with E-state index in [0.717, 1.165) is 36.3 Å². The summed E-state index contributed by atoms with van der Waals surface area (Å²) < 4.78 is 4.08. The Hall–Kier alpha value is -2.36. The molecule has 0 unspecified atom stereocenters. The predicted octanol–water partition coefficient (Wildman–Crippen LogP) is 2.36. The molecule has 3 rings (SSSR count). The van der Waals surface area contributed by atoms with Crippen molar-refractivity contribution in [1.29, 1.82) is 0 Å². The summed E-state index contributed by atoms with van der Waals surface area (Å²) in [6, 6.07) is 8.10. The average Bonchev–Trinajstić information content (AvgIpc) is 3.30. The number of aromatic nitrogens is 4. The number of pyridine rings is 1. The maximum absolute atomic E-state index is 4.50. The highest BCUT2D eigenvalue weighted by Gasteiger charge is 2.03. The van der Waals surface area contributed by atoms with E-state index in [1.807, 2.05) is 54.5 Å². The van der Waals surface area contributed by atoms with E-state index in [2.05, 4.69) is 36.2 Å². The van der Waals surface area contributed by atoms with Gasteiger partial charge < -0.3 is 15.2 Å². The zero-order valence-corrected chi connectivity index (χ0v) is 17.3. The van der Waals surface area contributed by atoms with Gasteiger partial charge >= 0.3 is 0 Å². The van der Waals surface area contributed by atoms with E-state index in [1.54, 1.807) is 13.2 Å². The van der Waals surface area contributed by atoms with E-state index in [9.17, 15) is 0 Å². The largest absolute Gasteiger partial charge is 0.355 e. The van der Waals surface area contributed by atoms with E-state index < -0.39 is 0 Å². The van der Waals surface area contributed by atoms with Gasteiger partial charge in [-0.2, -0.15) is 0 Å². The van der Waals surface area contributed by atoms with Gasteiger partial charge in [0.1, 0.15) is 11.6 Å². The number of aryl methyl sites for hydroxylation is 1. The standard InChI is InChI=1S/C18H23N7.HI/c1-15-20-8-12-25(15)17-6-5-16(13-22-17)14-23-18(19-2)21-7-11-24-9-3-4-10-24;/h3-6,8-10,12-13H,7,11,14H2,1-2H3,(H2,19,21,23);1H. The predicted molar refractivity (Wildman–Crippen MR) is 114 cm³/mol. The number of nitrogens with one attached hydrogen (secondary N) is 2. The minimum atomic E-state index is 0. The van der Waals surface area contributed by atoms with Crippen molar-refractivity contribution in [2.24, 2.45) is 4.99 Å². The minimum Gasteiger partial charge on any atom is -0.355 e. The molecule has 0 aromatic carbocycles. The first-order valence-electron chi connectivity index (χ1n) is 8.27. The van der Waals surface area contributed by atoms with Gasteiger partial charge in [0.25, 0.3) is 0 Å². The molecule has 0 amide bonds. The van der Waals surface area contributed by atoms with Crippen molar-refractivity contribution < 1.29 is 0 Å². The van der Waals surface area contributed by atoms with Crippen LogP contribution >= 0.6 is 24.0 Å². The van der Waals surface area contributed by atoms with Gasteiger partial charge in [-0.05, 0) is 30.7 Å². The third kappa shape index (κ3) is 5.32.